The summed E-state index contributed by atoms with van der Waals surface area (Å²) in [5, 5.41) is 2.26. The molecule has 0 fully saturated rings. The van der Waals surface area contributed by atoms with Crippen LogP contribution in [0.4, 0.5) is 0 Å². The van der Waals surface area contributed by atoms with Crippen molar-refractivity contribution in [1.29, 1.82) is 0 Å². The monoisotopic (exact) mass is 344 g/mol. The lowest BCUT2D eigenvalue weighted by Crippen LogP contribution is -2.38. The molecular weight excluding hydrogens is 319 g/mol. The van der Waals surface area contributed by atoms with Crippen molar-refractivity contribution in [1.82, 2.24) is 0 Å². The third kappa shape index (κ3) is 3.72. The minimum Gasteiger partial charge on any atom is -0.485 e. The van der Waals surface area contributed by atoms with Gasteiger partial charge in [-0.05, 0) is 16.7 Å². The molecule has 0 N–H and O–H groups in total. The van der Waals surface area contributed by atoms with E-state index >= 15 is 0 Å². The van der Waals surface area contributed by atoms with Crippen LogP contribution in [0.25, 0.3) is 0 Å². The van der Waals surface area contributed by atoms with Gasteiger partial charge in [0.1, 0.15) is 5.60 Å². The Balaban J connectivity index is 2.27. The number of hydrogen-bond acceptors (Lipinski definition) is 1. The zero-order valence-corrected chi connectivity index (χ0v) is 16.2. The summed E-state index contributed by atoms with van der Waals surface area (Å²) in [6.45, 7) is 4.51. The quantitative estimate of drug-likeness (QED) is 0.376. The van der Waals surface area contributed by atoms with E-state index in [1.54, 1.807) is 0 Å². The molecule has 0 spiro atoms. The van der Waals surface area contributed by atoms with Gasteiger partial charge in [-0.25, -0.2) is 0 Å². The first kappa shape index (κ1) is 18.0. The van der Waals surface area contributed by atoms with Gasteiger partial charge in [-0.3, -0.25) is 0 Å². The molecule has 0 aliphatic heterocycles. The van der Waals surface area contributed by atoms with Crippen LogP contribution in [-0.2, 0) is 9.39 Å². The smallest absolute Gasteiger partial charge is 0.461 e. The molecule has 0 atom stereocenters. The summed E-state index contributed by atoms with van der Waals surface area (Å²) in [5.74, 6) is 0. The highest BCUT2D eigenvalue weighted by Crippen LogP contribution is 2.41. The molecule has 2 heteroatoms. The zero-order chi connectivity index (χ0) is 17.5. The molecule has 3 aromatic rings. The SMILES string of the molecule is C[CH2][Al]([CH2]C)[O]C(c1ccccc1)(c1ccccc1)c1ccccc1. The summed E-state index contributed by atoms with van der Waals surface area (Å²) >= 11 is -1.33. The van der Waals surface area contributed by atoms with E-state index < -0.39 is 20.1 Å². The largest absolute Gasteiger partial charge is 0.485 e. The van der Waals surface area contributed by atoms with Gasteiger partial charge < -0.3 is 3.79 Å². The van der Waals surface area contributed by atoms with E-state index in [1.165, 1.54) is 16.7 Å². The lowest BCUT2D eigenvalue weighted by atomic mass is 9.80. The van der Waals surface area contributed by atoms with Crippen molar-refractivity contribution < 1.29 is 3.79 Å². The Kier molecular flexibility index (Phi) is 6.10. The van der Waals surface area contributed by atoms with Crippen molar-refractivity contribution in [2.75, 3.05) is 0 Å². The second-order valence-electron chi connectivity index (χ2n) is 6.34. The standard InChI is InChI=1S/C19H15O.2C2H5.Al/c20-19(16-10-4-1-5-11-16,17-12-6-2-7-13-17)18-14-8-3-9-15-18;2*1-2;/h1-15H;2*1H2,2H3;/q-1;;;+1. The van der Waals surface area contributed by atoms with Gasteiger partial charge in [0.2, 0.25) is 0 Å². The van der Waals surface area contributed by atoms with Gasteiger partial charge in [0.15, 0.2) is 0 Å². The molecule has 0 radical (unpaired) electrons. The molecule has 0 bridgehead atoms. The van der Waals surface area contributed by atoms with Crippen molar-refractivity contribution in [3.05, 3.63) is 108 Å². The molecule has 0 aliphatic rings. The summed E-state index contributed by atoms with van der Waals surface area (Å²) in [4.78, 5) is 0. The van der Waals surface area contributed by atoms with E-state index in [2.05, 4.69) is 105 Å². The predicted molar refractivity (Wildman–Crippen MR) is 107 cm³/mol. The maximum Gasteiger partial charge on any atom is 0.461 e. The Morgan fingerprint density at radius 2 is 0.920 bits per heavy atom. The third-order valence-corrected chi connectivity index (χ3v) is 7.30. The third-order valence-electron chi connectivity index (χ3n) is 4.80. The van der Waals surface area contributed by atoms with Crippen LogP contribution in [0.5, 0.6) is 0 Å². The summed E-state index contributed by atoms with van der Waals surface area (Å²) in [7, 11) is 0. The van der Waals surface area contributed by atoms with Crippen LogP contribution in [0, 0.1) is 0 Å². The van der Waals surface area contributed by atoms with Crippen molar-refractivity contribution >= 4 is 14.5 Å². The minimum atomic E-state index is -1.33. The molecule has 126 valence electrons. The van der Waals surface area contributed by atoms with E-state index in [0.717, 1.165) is 10.6 Å². The normalized spacial score (nSPS) is 11.3. The number of hydrogen-bond donors (Lipinski definition) is 0. The van der Waals surface area contributed by atoms with Gasteiger partial charge in [0, 0.05) is 0 Å². The number of benzene rings is 3. The lowest BCUT2D eigenvalue weighted by Gasteiger charge is -2.39. The van der Waals surface area contributed by atoms with Gasteiger partial charge in [0.25, 0.3) is 0 Å². The average Bonchev–Trinajstić information content (AvgIpc) is 2.71. The van der Waals surface area contributed by atoms with E-state index in [-0.39, 0.29) is 0 Å². The molecule has 0 saturated carbocycles. The second kappa shape index (κ2) is 8.50. The highest BCUT2D eigenvalue weighted by molar-refractivity contribution is 6.51. The highest BCUT2D eigenvalue weighted by Gasteiger charge is 2.39. The van der Waals surface area contributed by atoms with Crippen LogP contribution in [0.3, 0.4) is 0 Å². The Hall–Kier alpha value is -1.85. The first-order valence-electron chi connectivity index (χ1n) is 9.15. The molecule has 0 unspecified atom stereocenters. The maximum absolute atomic E-state index is 7.03. The summed E-state index contributed by atoms with van der Waals surface area (Å²) < 4.78 is 7.03. The fraction of sp³-hybridized carbons (Fsp3) is 0.217. The van der Waals surface area contributed by atoms with Gasteiger partial charge in [-0.1, -0.05) is 115 Å². The summed E-state index contributed by atoms with van der Waals surface area (Å²) in [5.41, 5.74) is 3.07. The van der Waals surface area contributed by atoms with Crippen molar-refractivity contribution in [3.63, 3.8) is 0 Å². The molecule has 0 aliphatic carbocycles. The predicted octanol–water partition coefficient (Wildman–Crippen LogP) is 6.03. The van der Waals surface area contributed by atoms with Crippen molar-refractivity contribution in [2.45, 2.75) is 30.0 Å². The summed E-state index contributed by atoms with van der Waals surface area (Å²) in [6, 6.07) is 32.0. The molecular formula is C23H25AlO. The van der Waals surface area contributed by atoms with E-state index in [4.69, 9.17) is 3.79 Å². The Morgan fingerprint density at radius 3 is 1.20 bits per heavy atom. The van der Waals surface area contributed by atoms with Crippen LogP contribution in [0.1, 0.15) is 30.5 Å². The van der Waals surface area contributed by atoms with Crippen LogP contribution in [-0.4, -0.2) is 14.5 Å². The zero-order valence-electron chi connectivity index (χ0n) is 15.1. The van der Waals surface area contributed by atoms with Gasteiger partial charge in [-0.15, -0.1) is 0 Å². The fourth-order valence-electron chi connectivity index (χ4n) is 3.43. The molecule has 0 heterocycles. The van der Waals surface area contributed by atoms with Crippen LogP contribution < -0.4 is 0 Å². The number of rotatable bonds is 7. The maximum atomic E-state index is 7.03. The fourth-order valence-corrected chi connectivity index (χ4v) is 5.25. The molecule has 0 aromatic heterocycles. The van der Waals surface area contributed by atoms with Crippen LogP contribution in [0.15, 0.2) is 91.0 Å². The van der Waals surface area contributed by atoms with Crippen molar-refractivity contribution in [3.8, 4) is 0 Å². The Morgan fingerprint density at radius 1 is 0.600 bits per heavy atom. The Bertz CT molecular complexity index is 655. The molecule has 3 rings (SSSR count). The van der Waals surface area contributed by atoms with Crippen LogP contribution >= 0.6 is 0 Å². The molecule has 25 heavy (non-hydrogen) atoms. The van der Waals surface area contributed by atoms with Gasteiger partial charge >= 0.3 is 14.5 Å². The molecule has 0 saturated heterocycles. The van der Waals surface area contributed by atoms with E-state index in [9.17, 15) is 0 Å². The van der Waals surface area contributed by atoms with Crippen molar-refractivity contribution in [2.24, 2.45) is 0 Å². The van der Waals surface area contributed by atoms with Gasteiger partial charge in [-0.2, -0.15) is 0 Å². The lowest BCUT2D eigenvalue weighted by molar-refractivity contribution is 0.153. The van der Waals surface area contributed by atoms with Crippen LogP contribution in [0.2, 0.25) is 10.6 Å². The first-order chi connectivity index (χ1) is 12.3. The summed E-state index contributed by atoms with van der Waals surface area (Å²) in [6.07, 6.45) is 0. The molecule has 0 amide bonds. The molecule has 3 aromatic carbocycles. The first-order valence-corrected chi connectivity index (χ1v) is 11.3. The Labute approximate surface area is 156 Å². The minimum absolute atomic E-state index is 0.535. The topological polar surface area (TPSA) is 9.23 Å². The molecule has 1 nitrogen and oxygen atoms in total. The van der Waals surface area contributed by atoms with Gasteiger partial charge in [0.05, 0.1) is 0 Å². The highest BCUT2D eigenvalue weighted by atomic mass is 27.2. The van der Waals surface area contributed by atoms with E-state index in [0.29, 0.717) is 0 Å². The average molecular weight is 344 g/mol. The van der Waals surface area contributed by atoms with E-state index in [1.807, 2.05) is 0 Å². The second-order valence-corrected chi connectivity index (χ2v) is 9.45.